The van der Waals surface area contributed by atoms with Crippen LogP contribution < -0.4 is 4.74 Å². The van der Waals surface area contributed by atoms with E-state index in [9.17, 15) is 0 Å². The fraction of sp³-hybridized carbons (Fsp3) is 0.375. The summed E-state index contributed by atoms with van der Waals surface area (Å²) in [6.45, 7) is 12.8. The zero-order valence-electron chi connectivity index (χ0n) is 11.6. The van der Waals surface area contributed by atoms with E-state index in [1.54, 1.807) is 0 Å². The summed E-state index contributed by atoms with van der Waals surface area (Å²) < 4.78 is 5.76. The molecule has 1 aromatic carbocycles. The van der Waals surface area contributed by atoms with Crippen molar-refractivity contribution in [1.29, 1.82) is 0 Å². The molecule has 0 aromatic heterocycles. The van der Waals surface area contributed by atoms with Crippen LogP contribution in [0.15, 0.2) is 43.5 Å². The largest absolute Gasteiger partial charge is 0.492 e. The van der Waals surface area contributed by atoms with Crippen LogP contribution in [0.4, 0.5) is 0 Å². The van der Waals surface area contributed by atoms with E-state index < -0.39 is 0 Å². The maximum atomic E-state index is 6.08. The van der Waals surface area contributed by atoms with Crippen molar-refractivity contribution in [3.63, 3.8) is 0 Å². The molecule has 1 aromatic rings. The number of aryl methyl sites for hydroxylation is 1. The second-order valence-corrected chi connectivity index (χ2v) is 4.70. The van der Waals surface area contributed by atoms with Gasteiger partial charge in [-0.05, 0) is 30.2 Å². The molecule has 0 heterocycles. The number of ether oxygens (including phenoxy) is 1. The molecule has 0 saturated heterocycles. The summed E-state index contributed by atoms with van der Waals surface area (Å²) in [7, 11) is 0. The lowest BCUT2D eigenvalue weighted by Crippen LogP contribution is -2.28. The Hall–Kier alpha value is -1.25. The van der Waals surface area contributed by atoms with Crippen LogP contribution in [0.5, 0.6) is 5.75 Å². The third-order valence-corrected chi connectivity index (χ3v) is 3.22. The van der Waals surface area contributed by atoms with E-state index in [0.29, 0.717) is 6.61 Å². The monoisotopic (exact) mass is 279 g/mol. The first-order valence-electron chi connectivity index (χ1n) is 6.56. The van der Waals surface area contributed by atoms with Gasteiger partial charge in [-0.15, -0.1) is 13.2 Å². The molecule has 0 atom stereocenters. The molecule has 3 heteroatoms. The van der Waals surface area contributed by atoms with Gasteiger partial charge in [0.2, 0.25) is 0 Å². The Morgan fingerprint density at radius 3 is 2.53 bits per heavy atom. The highest BCUT2D eigenvalue weighted by atomic mass is 35.5. The number of nitrogens with zero attached hydrogens (tertiary/aromatic N) is 1. The van der Waals surface area contributed by atoms with Crippen molar-refractivity contribution in [1.82, 2.24) is 4.90 Å². The third kappa shape index (κ3) is 5.50. The molecule has 0 bridgehead atoms. The molecule has 104 valence electrons. The van der Waals surface area contributed by atoms with Crippen molar-refractivity contribution in [2.24, 2.45) is 0 Å². The first-order chi connectivity index (χ1) is 9.21. The summed E-state index contributed by atoms with van der Waals surface area (Å²) in [5.74, 6) is 0.874. The Labute approximate surface area is 121 Å². The maximum absolute atomic E-state index is 6.08. The number of rotatable bonds is 9. The standard InChI is InChI=1S/C16H22ClNO/c1-4-9-18(10-5-2)11-12-19-15-7-8-16(17)14(6-3)13-15/h4-5,7-8,13H,1-2,6,9-12H2,3H3. The minimum Gasteiger partial charge on any atom is -0.492 e. The van der Waals surface area contributed by atoms with Gasteiger partial charge in [-0.2, -0.15) is 0 Å². The van der Waals surface area contributed by atoms with Gasteiger partial charge in [0.1, 0.15) is 12.4 Å². The second kappa shape index (κ2) is 8.78. The predicted octanol–water partition coefficient (Wildman–Crippen LogP) is 3.96. The number of benzene rings is 1. The van der Waals surface area contributed by atoms with Crippen LogP contribution in [0.2, 0.25) is 5.02 Å². The van der Waals surface area contributed by atoms with Crippen LogP contribution >= 0.6 is 11.6 Å². The van der Waals surface area contributed by atoms with Gasteiger partial charge in [0.05, 0.1) is 0 Å². The van der Waals surface area contributed by atoms with Gasteiger partial charge < -0.3 is 4.74 Å². The Morgan fingerprint density at radius 2 is 1.95 bits per heavy atom. The van der Waals surface area contributed by atoms with Gasteiger partial charge in [0, 0.05) is 24.7 Å². The molecule has 0 unspecified atom stereocenters. The Kier molecular flexibility index (Phi) is 7.31. The van der Waals surface area contributed by atoms with Crippen LogP contribution in [-0.2, 0) is 6.42 Å². The fourth-order valence-electron chi connectivity index (χ4n) is 1.83. The van der Waals surface area contributed by atoms with E-state index in [2.05, 4.69) is 25.0 Å². The quantitative estimate of drug-likeness (QED) is 0.635. The zero-order chi connectivity index (χ0) is 14.1. The minimum absolute atomic E-state index is 0.645. The number of hydrogen-bond donors (Lipinski definition) is 0. The van der Waals surface area contributed by atoms with E-state index in [1.807, 2.05) is 30.4 Å². The molecule has 1 rings (SSSR count). The second-order valence-electron chi connectivity index (χ2n) is 4.29. The molecule has 0 aliphatic rings. The lowest BCUT2D eigenvalue weighted by atomic mass is 10.1. The summed E-state index contributed by atoms with van der Waals surface area (Å²) in [4.78, 5) is 2.22. The smallest absolute Gasteiger partial charge is 0.119 e. The Balaban J connectivity index is 2.47. The van der Waals surface area contributed by atoms with Gasteiger partial charge >= 0.3 is 0 Å². The van der Waals surface area contributed by atoms with Crippen LogP contribution in [0.1, 0.15) is 12.5 Å². The van der Waals surface area contributed by atoms with Gasteiger partial charge in [0.25, 0.3) is 0 Å². The lowest BCUT2D eigenvalue weighted by molar-refractivity contribution is 0.236. The minimum atomic E-state index is 0.645. The van der Waals surface area contributed by atoms with Crippen LogP contribution in [0, 0.1) is 0 Å². The van der Waals surface area contributed by atoms with Crippen LogP contribution in [0.25, 0.3) is 0 Å². The molecule has 0 saturated carbocycles. The molecule has 0 aliphatic carbocycles. The van der Waals surface area contributed by atoms with Crippen molar-refractivity contribution >= 4 is 11.6 Å². The Bertz CT molecular complexity index is 407. The van der Waals surface area contributed by atoms with Crippen molar-refractivity contribution < 1.29 is 4.74 Å². The average molecular weight is 280 g/mol. The molecular weight excluding hydrogens is 258 g/mol. The first kappa shape index (κ1) is 15.8. The molecule has 0 spiro atoms. The van der Waals surface area contributed by atoms with Crippen LogP contribution in [0.3, 0.4) is 0 Å². The number of halogens is 1. The highest BCUT2D eigenvalue weighted by Crippen LogP contribution is 2.22. The average Bonchev–Trinajstić information content (AvgIpc) is 2.41. The lowest BCUT2D eigenvalue weighted by Gasteiger charge is -2.19. The summed E-state index contributed by atoms with van der Waals surface area (Å²) in [6.07, 6.45) is 4.69. The molecule has 19 heavy (non-hydrogen) atoms. The molecule has 2 nitrogen and oxygen atoms in total. The van der Waals surface area contributed by atoms with E-state index in [0.717, 1.165) is 42.4 Å². The third-order valence-electron chi connectivity index (χ3n) is 2.85. The topological polar surface area (TPSA) is 12.5 Å². The Morgan fingerprint density at radius 1 is 1.26 bits per heavy atom. The normalized spacial score (nSPS) is 10.5. The van der Waals surface area contributed by atoms with Crippen molar-refractivity contribution in [3.05, 3.63) is 54.1 Å². The highest BCUT2D eigenvalue weighted by Gasteiger charge is 2.03. The molecule has 0 amide bonds. The zero-order valence-corrected chi connectivity index (χ0v) is 12.3. The van der Waals surface area contributed by atoms with Gasteiger partial charge in [-0.1, -0.05) is 30.7 Å². The van der Waals surface area contributed by atoms with Gasteiger partial charge in [-0.25, -0.2) is 0 Å². The van der Waals surface area contributed by atoms with E-state index in [1.165, 1.54) is 0 Å². The van der Waals surface area contributed by atoms with E-state index >= 15 is 0 Å². The van der Waals surface area contributed by atoms with E-state index in [-0.39, 0.29) is 0 Å². The van der Waals surface area contributed by atoms with Crippen molar-refractivity contribution in [3.8, 4) is 5.75 Å². The molecule has 0 N–H and O–H groups in total. The highest BCUT2D eigenvalue weighted by molar-refractivity contribution is 6.31. The molecule has 0 radical (unpaired) electrons. The van der Waals surface area contributed by atoms with Gasteiger partial charge in [0.15, 0.2) is 0 Å². The van der Waals surface area contributed by atoms with E-state index in [4.69, 9.17) is 16.3 Å². The summed E-state index contributed by atoms with van der Waals surface area (Å²) in [5, 5.41) is 0.801. The molecular formula is C16H22ClNO. The summed E-state index contributed by atoms with van der Waals surface area (Å²) in [5.41, 5.74) is 1.12. The maximum Gasteiger partial charge on any atom is 0.119 e. The first-order valence-corrected chi connectivity index (χ1v) is 6.94. The van der Waals surface area contributed by atoms with Crippen molar-refractivity contribution in [2.45, 2.75) is 13.3 Å². The van der Waals surface area contributed by atoms with Gasteiger partial charge in [-0.3, -0.25) is 4.90 Å². The van der Waals surface area contributed by atoms with Crippen molar-refractivity contribution in [2.75, 3.05) is 26.2 Å². The fourth-order valence-corrected chi connectivity index (χ4v) is 2.08. The van der Waals surface area contributed by atoms with Crippen LogP contribution in [-0.4, -0.2) is 31.1 Å². The summed E-state index contributed by atoms with van der Waals surface area (Å²) >= 11 is 6.08. The summed E-state index contributed by atoms with van der Waals surface area (Å²) in [6, 6.07) is 5.81. The predicted molar refractivity (Wildman–Crippen MR) is 83.2 cm³/mol. The molecule has 0 fully saturated rings. The number of hydrogen-bond acceptors (Lipinski definition) is 2. The molecule has 0 aliphatic heterocycles. The SMILES string of the molecule is C=CCN(CC=C)CCOc1ccc(Cl)c(CC)c1.